The van der Waals surface area contributed by atoms with Crippen LogP contribution in [-0.2, 0) is 22.4 Å². The first kappa shape index (κ1) is 20.3. The van der Waals surface area contributed by atoms with Gasteiger partial charge in [-0.3, -0.25) is 0 Å². The van der Waals surface area contributed by atoms with Crippen LogP contribution in [0.4, 0.5) is 4.79 Å². The minimum Gasteiger partial charge on any atom is -0.508 e. The average molecular weight is 371 g/mol. The maximum Gasteiger partial charge on any atom is 0.408 e. The fourth-order valence-electron chi connectivity index (χ4n) is 2.66. The summed E-state index contributed by atoms with van der Waals surface area (Å²) in [7, 11) is 0. The van der Waals surface area contributed by atoms with Crippen LogP contribution in [0.5, 0.6) is 5.75 Å². The highest BCUT2D eigenvalue weighted by molar-refractivity contribution is 5.80. The van der Waals surface area contributed by atoms with E-state index in [0.29, 0.717) is 6.42 Å². The number of carboxylic acid groups (broad SMARTS) is 1. The highest BCUT2D eigenvalue weighted by Crippen LogP contribution is 2.21. The number of aromatic hydroxyl groups is 1. The molecule has 6 heteroatoms. The van der Waals surface area contributed by atoms with Gasteiger partial charge in [0.15, 0.2) is 0 Å². The molecule has 0 bridgehead atoms. The molecule has 0 aliphatic carbocycles. The number of aliphatic carboxylic acids is 1. The van der Waals surface area contributed by atoms with Crippen molar-refractivity contribution < 1.29 is 24.5 Å². The maximum absolute atomic E-state index is 12.0. The standard InChI is InChI=1S/C21H25NO5/c1-21(2,3)27-20(26)22-18(19(24)25)13-15-9-10-17(23)12-16(15)11-14-7-5-4-6-8-14/h4-10,12,18,23H,11,13H2,1-3H3,(H,22,26)(H,24,25). The monoisotopic (exact) mass is 371 g/mol. The number of benzene rings is 2. The first-order valence-electron chi connectivity index (χ1n) is 8.71. The molecule has 2 aromatic rings. The second-order valence-corrected chi connectivity index (χ2v) is 7.36. The van der Waals surface area contributed by atoms with E-state index in [1.807, 2.05) is 30.3 Å². The number of rotatable bonds is 6. The quantitative estimate of drug-likeness (QED) is 0.722. The lowest BCUT2D eigenvalue weighted by molar-refractivity contribution is -0.139. The fourth-order valence-corrected chi connectivity index (χ4v) is 2.66. The van der Waals surface area contributed by atoms with Gasteiger partial charge in [0, 0.05) is 6.42 Å². The zero-order valence-electron chi connectivity index (χ0n) is 15.7. The number of phenolic OH excluding ortho intramolecular Hbond substituents is 1. The summed E-state index contributed by atoms with van der Waals surface area (Å²) in [5.74, 6) is -1.05. The Morgan fingerprint density at radius 2 is 1.74 bits per heavy atom. The largest absolute Gasteiger partial charge is 0.508 e. The zero-order chi connectivity index (χ0) is 20.0. The van der Waals surface area contributed by atoms with Gasteiger partial charge in [0.1, 0.15) is 17.4 Å². The van der Waals surface area contributed by atoms with E-state index in [-0.39, 0.29) is 12.2 Å². The van der Waals surface area contributed by atoms with Crippen LogP contribution in [0.15, 0.2) is 48.5 Å². The molecule has 0 heterocycles. The Morgan fingerprint density at radius 3 is 2.33 bits per heavy atom. The van der Waals surface area contributed by atoms with Gasteiger partial charge in [0.2, 0.25) is 0 Å². The molecule has 6 nitrogen and oxygen atoms in total. The smallest absolute Gasteiger partial charge is 0.408 e. The van der Waals surface area contributed by atoms with Gasteiger partial charge in [-0.2, -0.15) is 0 Å². The number of nitrogens with one attached hydrogen (secondary N) is 1. The molecule has 0 spiro atoms. The number of alkyl carbamates (subject to hydrolysis) is 1. The van der Waals surface area contributed by atoms with Crippen LogP contribution in [0, 0.1) is 0 Å². The van der Waals surface area contributed by atoms with Gasteiger partial charge in [-0.1, -0.05) is 36.4 Å². The molecule has 0 fully saturated rings. The van der Waals surface area contributed by atoms with Crippen molar-refractivity contribution in [1.29, 1.82) is 0 Å². The van der Waals surface area contributed by atoms with Crippen molar-refractivity contribution in [3.05, 3.63) is 65.2 Å². The molecule has 1 atom stereocenters. The molecule has 1 unspecified atom stereocenters. The maximum atomic E-state index is 12.0. The van der Waals surface area contributed by atoms with E-state index in [9.17, 15) is 19.8 Å². The second-order valence-electron chi connectivity index (χ2n) is 7.36. The van der Waals surface area contributed by atoms with E-state index in [1.165, 1.54) is 6.07 Å². The Kier molecular flexibility index (Phi) is 6.45. The van der Waals surface area contributed by atoms with Crippen LogP contribution in [0.3, 0.4) is 0 Å². The first-order valence-corrected chi connectivity index (χ1v) is 8.71. The Balaban J connectivity index is 2.20. The average Bonchev–Trinajstić information content (AvgIpc) is 2.55. The molecular weight excluding hydrogens is 346 g/mol. The van der Waals surface area contributed by atoms with E-state index in [4.69, 9.17) is 4.74 Å². The molecule has 2 aromatic carbocycles. The molecule has 3 N–H and O–H groups in total. The summed E-state index contributed by atoms with van der Waals surface area (Å²) < 4.78 is 5.15. The number of carbonyl (C=O) groups excluding carboxylic acids is 1. The molecule has 2 rings (SSSR count). The molecule has 0 aliphatic rings. The lowest BCUT2D eigenvalue weighted by Gasteiger charge is -2.22. The van der Waals surface area contributed by atoms with Crippen LogP contribution in [0.1, 0.15) is 37.5 Å². The van der Waals surface area contributed by atoms with Crippen LogP contribution < -0.4 is 5.32 Å². The summed E-state index contributed by atoms with van der Waals surface area (Å²) in [4.78, 5) is 23.6. The van der Waals surface area contributed by atoms with Crippen molar-refractivity contribution in [2.24, 2.45) is 0 Å². The number of ether oxygens (including phenoxy) is 1. The van der Waals surface area contributed by atoms with Gasteiger partial charge in [-0.05, 0) is 56.0 Å². The minimum absolute atomic E-state index is 0.0804. The summed E-state index contributed by atoms with van der Waals surface area (Å²) in [6.07, 6.45) is -0.154. The molecule has 1 amide bonds. The Bertz CT molecular complexity index is 796. The van der Waals surface area contributed by atoms with E-state index in [2.05, 4.69) is 5.32 Å². The van der Waals surface area contributed by atoms with Gasteiger partial charge in [0.25, 0.3) is 0 Å². The van der Waals surface area contributed by atoms with E-state index in [0.717, 1.165) is 16.7 Å². The van der Waals surface area contributed by atoms with E-state index < -0.39 is 23.7 Å². The highest BCUT2D eigenvalue weighted by Gasteiger charge is 2.25. The van der Waals surface area contributed by atoms with Gasteiger partial charge in [-0.25, -0.2) is 9.59 Å². The molecule has 0 saturated carbocycles. The molecule has 0 aromatic heterocycles. The Morgan fingerprint density at radius 1 is 1.07 bits per heavy atom. The van der Waals surface area contributed by atoms with Crippen molar-refractivity contribution in [2.45, 2.75) is 45.3 Å². The molecule has 0 aliphatic heterocycles. The van der Waals surface area contributed by atoms with Crippen LogP contribution in [-0.4, -0.2) is 33.9 Å². The summed E-state index contributed by atoms with van der Waals surface area (Å²) in [5, 5.41) is 21.7. The number of phenols is 1. The van der Waals surface area contributed by atoms with Crippen LogP contribution >= 0.6 is 0 Å². The normalized spacial score (nSPS) is 12.3. The van der Waals surface area contributed by atoms with Gasteiger partial charge < -0.3 is 20.3 Å². The Hall–Kier alpha value is -3.02. The van der Waals surface area contributed by atoms with Gasteiger partial charge in [-0.15, -0.1) is 0 Å². The van der Waals surface area contributed by atoms with E-state index >= 15 is 0 Å². The number of amides is 1. The number of hydrogen-bond donors (Lipinski definition) is 3. The van der Waals surface area contributed by atoms with Crippen LogP contribution in [0.25, 0.3) is 0 Å². The summed E-state index contributed by atoms with van der Waals surface area (Å²) >= 11 is 0. The zero-order valence-corrected chi connectivity index (χ0v) is 15.7. The van der Waals surface area contributed by atoms with Crippen molar-refractivity contribution >= 4 is 12.1 Å². The van der Waals surface area contributed by atoms with Gasteiger partial charge >= 0.3 is 12.1 Å². The van der Waals surface area contributed by atoms with Crippen molar-refractivity contribution in [1.82, 2.24) is 5.32 Å². The lowest BCUT2D eigenvalue weighted by atomic mass is 9.95. The summed E-state index contributed by atoms with van der Waals surface area (Å²) in [5.41, 5.74) is 1.86. The third kappa shape index (κ3) is 6.66. The number of carbonyl (C=O) groups is 2. The highest BCUT2D eigenvalue weighted by atomic mass is 16.6. The van der Waals surface area contributed by atoms with Crippen molar-refractivity contribution in [2.75, 3.05) is 0 Å². The van der Waals surface area contributed by atoms with Gasteiger partial charge in [0.05, 0.1) is 0 Å². The van der Waals surface area contributed by atoms with Crippen molar-refractivity contribution in [3.8, 4) is 5.75 Å². The number of hydrogen-bond acceptors (Lipinski definition) is 4. The fraction of sp³-hybridized carbons (Fsp3) is 0.333. The summed E-state index contributed by atoms with van der Waals surface area (Å²) in [6, 6.07) is 13.3. The second kappa shape index (κ2) is 8.58. The van der Waals surface area contributed by atoms with Crippen LogP contribution in [0.2, 0.25) is 0 Å². The topological polar surface area (TPSA) is 95.9 Å². The van der Waals surface area contributed by atoms with E-state index in [1.54, 1.807) is 32.9 Å². The number of carboxylic acids is 1. The van der Waals surface area contributed by atoms with Crippen molar-refractivity contribution in [3.63, 3.8) is 0 Å². The lowest BCUT2D eigenvalue weighted by Crippen LogP contribution is -2.44. The molecule has 0 radical (unpaired) electrons. The third-order valence-corrected chi connectivity index (χ3v) is 3.84. The molecule has 144 valence electrons. The predicted molar refractivity (Wildman–Crippen MR) is 102 cm³/mol. The molecule has 27 heavy (non-hydrogen) atoms. The molecular formula is C21H25NO5. The Labute approximate surface area is 158 Å². The minimum atomic E-state index is -1.15. The summed E-state index contributed by atoms with van der Waals surface area (Å²) in [6.45, 7) is 5.13. The predicted octanol–water partition coefficient (Wildman–Crippen LogP) is 3.50. The first-order chi connectivity index (χ1) is 12.6. The third-order valence-electron chi connectivity index (χ3n) is 3.84. The SMILES string of the molecule is CC(C)(C)OC(=O)NC(Cc1ccc(O)cc1Cc1ccccc1)C(=O)O. The molecule has 0 saturated heterocycles.